The van der Waals surface area contributed by atoms with Crippen molar-refractivity contribution in [2.45, 2.75) is 20.0 Å². The van der Waals surface area contributed by atoms with Crippen LogP contribution in [-0.4, -0.2) is 31.9 Å². The van der Waals surface area contributed by atoms with Gasteiger partial charge in [0.15, 0.2) is 12.6 Å². The summed E-state index contributed by atoms with van der Waals surface area (Å²) in [6, 6.07) is 4.36. The van der Waals surface area contributed by atoms with Crippen LogP contribution in [0.25, 0.3) is 6.08 Å². The lowest BCUT2D eigenvalue weighted by molar-refractivity contribution is -0.137. The third-order valence-corrected chi connectivity index (χ3v) is 4.28. The van der Waals surface area contributed by atoms with Gasteiger partial charge in [-0.3, -0.25) is 4.79 Å². The van der Waals surface area contributed by atoms with Gasteiger partial charge in [0, 0.05) is 18.2 Å². The molecule has 0 aliphatic carbocycles. The number of ketones is 1. The van der Waals surface area contributed by atoms with Crippen molar-refractivity contribution in [3.63, 3.8) is 0 Å². The lowest BCUT2D eigenvalue weighted by Crippen LogP contribution is -2.08. The highest BCUT2D eigenvalue weighted by molar-refractivity contribution is 6.11. The summed E-state index contributed by atoms with van der Waals surface area (Å²) in [5.41, 5.74) is 0.407. The normalized spacial score (nSPS) is 11.7. The van der Waals surface area contributed by atoms with Gasteiger partial charge >= 0.3 is 6.18 Å². The Kier molecular flexibility index (Phi) is 6.92. The molecule has 5 nitrogen and oxygen atoms in total. The first-order valence-corrected chi connectivity index (χ1v) is 8.53. The summed E-state index contributed by atoms with van der Waals surface area (Å²) in [5, 5.41) is 10.5. The summed E-state index contributed by atoms with van der Waals surface area (Å²) in [6.45, 7) is 3.21. The number of hydrogen-bond acceptors (Lipinski definition) is 5. The fourth-order valence-electron chi connectivity index (χ4n) is 2.83. The summed E-state index contributed by atoms with van der Waals surface area (Å²) >= 11 is 0. The summed E-state index contributed by atoms with van der Waals surface area (Å²) in [6.07, 6.45) is -1.91. The van der Waals surface area contributed by atoms with Crippen LogP contribution in [0.5, 0.6) is 17.2 Å². The summed E-state index contributed by atoms with van der Waals surface area (Å²) < 4.78 is 53.5. The van der Waals surface area contributed by atoms with Gasteiger partial charge in [-0.25, -0.2) is 0 Å². The van der Waals surface area contributed by atoms with Crippen LogP contribution in [0.4, 0.5) is 13.2 Å². The van der Waals surface area contributed by atoms with Crippen LogP contribution in [0, 0.1) is 13.8 Å². The fourth-order valence-corrected chi connectivity index (χ4v) is 2.83. The van der Waals surface area contributed by atoms with Crippen molar-refractivity contribution < 1.29 is 37.3 Å². The molecule has 0 fully saturated rings. The molecule has 2 aromatic carbocycles. The third-order valence-electron chi connectivity index (χ3n) is 4.28. The standard InChI is InChI=1S/C21H21F3O5/c1-12-18(26)17(20(28-4)13(2)19(12)29-11-27-3)16(25)10-7-14-5-8-15(9-6-14)21(22,23)24/h5-10,26H,11H2,1-4H3. The Morgan fingerprint density at radius 2 is 1.69 bits per heavy atom. The number of carbonyl (C=O) groups excluding carboxylic acids is 1. The third kappa shape index (κ3) is 4.89. The Hall–Kier alpha value is -3.00. The molecule has 0 amide bonds. The van der Waals surface area contributed by atoms with E-state index < -0.39 is 17.5 Å². The Morgan fingerprint density at radius 1 is 1.07 bits per heavy atom. The number of ether oxygens (including phenoxy) is 3. The van der Waals surface area contributed by atoms with E-state index in [2.05, 4.69) is 0 Å². The van der Waals surface area contributed by atoms with E-state index in [1.807, 2.05) is 0 Å². The number of aromatic hydroxyl groups is 1. The van der Waals surface area contributed by atoms with Gasteiger partial charge in [0.05, 0.1) is 12.7 Å². The summed E-state index contributed by atoms with van der Waals surface area (Å²) in [4.78, 5) is 12.7. The first-order chi connectivity index (χ1) is 13.6. The number of hydrogen-bond donors (Lipinski definition) is 1. The molecule has 0 saturated heterocycles. The van der Waals surface area contributed by atoms with Crippen LogP contribution in [-0.2, 0) is 10.9 Å². The largest absolute Gasteiger partial charge is 0.507 e. The lowest BCUT2D eigenvalue weighted by Gasteiger charge is -2.19. The SMILES string of the molecule is COCOc1c(C)c(O)c(C(=O)C=Cc2ccc(C(F)(F)F)cc2)c(OC)c1C. The molecule has 156 valence electrons. The van der Waals surface area contributed by atoms with E-state index in [1.54, 1.807) is 13.8 Å². The van der Waals surface area contributed by atoms with Crippen molar-refractivity contribution in [2.24, 2.45) is 0 Å². The molecule has 0 heterocycles. The molecule has 0 spiro atoms. The van der Waals surface area contributed by atoms with Gasteiger partial charge in [-0.1, -0.05) is 18.2 Å². The smallest absolute Gasteiger partial charge is 0.416 e. The molecule has 2 aromatic rings. The highest BCUT2D eigenvalue weighted by Crippen LogP contribution is 2.42. The van der Waals surface area contributed by atoms with E-state index in [-0.39, 0.29) is 23.9 Å². The van der Waals surface area contributed by atoms with E-state index in [9.17, 15) is 23.1 Å². The number of halogens is 3. The van der Waals surface area contributed by atoms with E-state index >= 15 is 0 Å². The number of benzene rings is 2. The van der Waals surface area contributed by atoms with Crippen molar-refractivity contribution >= 4 is 11.9 Å². The molecule has 29 heavy (non-hydrogen) atoms. The topological polar surface area (TPSA) is 65.0 Å². The fraction of sp³-hybridized carbons (Fsp3) is 0.286. The Morgan fingerprint density at radius 3 is 2.21 bits per heavy atom. The average molecular weight is 410 g/mol. The molecule has 0 saturated carbocycles. The van der Waals surface area contributed by atoms with Crippen molar-refractivity contribution in [1.82, 2.24) is 0 Å². The second kappa shape index (κ2) is 9.00. The highest BCUT2D eigenvalue weighted by Gasteiger charge is 2.30. The molecule has 0 aliphatic rings. The van der Waals surface area contributed by atoms with Crippen LogP contribution in [0.3, 0.4) is 0 Å². The molecule has 0 bridgehead atoms. The predicted octanol–water partition coefficient (Wildman–Crippen LogP) is 4.92. The van der Waals surface area contributed by atoms with Crippen molar-refractivity contribution in [3.05, 3.63) is 58.2 Å². The van der Waals surface area contributed by atoms with Gasteiger partial charge in [-0.15, -0.1) is 0 Å². The number of alkyl halides is 3. The van der Waals surface area contributed by atoms with Gasteiger partial charge in [-0.2, -0.15) is 13.2 Å². The lowest BCUT2D eigenvalue weighted by atomic mass is 9.98. The minimum absolute atomic E-state index is 0.0502. The van der Waals surface area contributed by atoms with Gasteiger partial charge < -0.3 is 19.3 Å². The quantitative estimate of drug-likeness (QED) is 0.399. The van der Waals surface area contributed by atoms with E-state index in [0.717, 1.165) is 18.2 Å². The number of methoxy groups -OCH3 is 2. The molecule has 0 unspecified atom stereocenters. The first-order valence-electron chi connectivity index (χ1n) is 8.53. The molecular weight excluding hydrogens is 389 g/mol. The maximum absolute atomic E-state index is 12.7. The van der Waals surface area contributed by atoms with Crippen LogP contribution in [0.1, 0.15) is 32.6 Å². The van der Waals surface area contributed by atoms with E-state index in [0.29, 0.717) is 22.4 Å². The van der Waals surface area contributed by atoms with Gasteiger partial charge in [-0.05, 0) is 37.6 Å². The monoisotopic (exact) mass is 410 g/mol. The molecular formula is C21H21F3O5. The number of rotatable bonds is 7. The minimum Gasteiger partial charge on any atom is -0.507 e. The number of phenols is 1. The highest BCUT2D eigenvalue weighted by atomic mass is 19.4. The molecule has 1 N–H and O–H groups in total. The Balaban J connectivity index is 2.38. The zero-order valence-electron chi connectivity index (χ0n) is 16.4. The zero-order chi connectivity index (χ0) is 21.8. The summed E-state index contributed by atoms with van der Waals surface area (Å²) in [7, 11) is 2.80. The van der Waals surface area contributed by atoms with Crippen molar-refractivity contribution in [3.8, 4) is 17.2 Å². The van der Waals surface area contributed by atoms with Gasteiger partial charge in [0.25, 0.3) is 0 Å². The maximum atomic E-state index is 12.7. The van der Waals surface area contributed by atoms with Crippen LogP contribution in [0.2, 0.25) is 0 Å². The molecule has 0 aromatic heterocycles. The van der Waals surface area contributed by atoms with Crippen LogP contribution in [0.15, 0.2) is 30.3 Å². The number of allylic oxidation sites excluding steroid dienone is 1. The predicted molar refractivity (Wildman–Crippen MR) is 101 cm³/mol. The maximum Gasteiger partial charge on any atom is 0.416 e. The Labute approximate surface area is 166 Å². The second-order valence-electron chi connectivity index (χ2n) is 6.20. The summed E-state index contributed by atoms with van der Waals surface area (Å²) in [5.74, 6) is -0.393. The molecule has 0 radical (unpaired) electrons. The number of carbonyl (C=O) groups is 1. The van der Waals surface area contributed by atoms with Crippen molar-refractivity contribution in [2.75, 3.05) is 21.0 Å². The van der Waals surface area contributed by atoms with Crippen LogP contribution >= 0.6 is 0 Å². The molecule has 2 rings (SSSR count). The van der Waals surface area contributed by atoms with E-state index in [1.165, 1.54) is 32.4 Å². The van der Waals surface area contributed by atoms with Crippen molar-refractivity contribution in [1.29, 1.82) is 0 Å². The van der Waals surface area contributed by atoms with Gasteiger partial charge in [0.2, 0.25) is 0 Å². The Bertz CT molecular complexity index is 916. The van der Waals surface area contributed by atoms with Crippen LogP contribution < -0.4 is 9.47 Å². The van der Waals surface area contributed by atoms with Gasteiger partial charge in [0.1, 0.15) is 22.8 Å². The average Bonchev–Trinajstić information content (AvgIpc) is 2.68. The number of phenolic OH excluding ortho intramolecular Hbond substituents is 1. The molecule has 0 atom stereocenters. The second-order valence-corrected chi connectivity index (χ2v) is 6.20. The molecule has 0 aliphatic heterocycles. The first kappa shape index (κ1) is 22.3. The zero-order valence-corrected chi connectivity index (χ0v) is 16.4. The van der Waals surface area contributed by atoms with E-state index in [4.69, 9.17) is 14.2 Å². The minimum atomic E-state index is -4.43. The molecule has 8 heteroatoms.